The molecular formula is C18H19N. The predicted octanol–water partition coefficient (Wildman–Crippen LogP) is 4.23. The molecule has 0 radical (unpaired) electrons. The average Bonchev–Trinajstić information content (AvgIpc) is 2.76. The van der Waals surface area contributed by atoms with Crippen molar-refractivity contribution in [1.82, 2.24) is 0 Å². The van der Waals surface area contributed by atoms with Crippen LogP contribution in [0.3, 0.4) is 0 Å². The maximum Gasteiger partial charge on any atom is 0.0597 e. The Bertz CT molecular complexity index is 544. The fourth-order valence-electron chi connectivity index (χ4n) is 3.34. The first kappa shape index (κ1) is 12.2. The zero-order chi connectivity index (χ0) is 13.3. The lowest BCUT2D eigenvalue weighted by molar-refractivity contribution is 0.593. The van der Waals surface area contributed by atoms with Gasteiger partial charge in [-0.3, -0.25) is 4.99 Å². The van der Waals surface area contributed by atoms with Crippen LogP contribution in [0.15, 0.2) is 65.7 Å². The lowest BCUT2D eigenvalue weighted by atomic mass is 9.69. The second-order valence-electron chi connectivity index (χ2n) is 5.41. The maximum atomic E-state index is 4.81. The van der Waals surface area contributed by atoms with E-state index in [-0.39, 0.29) is 5.41 Å². The number of nitrogens with zero attached hydrogens (tertiary/aromatic N) is 1. The third kappa shape index (κ3) is 1.90. The minimum absolute atomic E-state index is 0.0397. The van der Waals surface area contributed by atoms with Crippen LogP contribution in [0.4, 0.5) is 0 Å². The summed E-state index contributed by atoms with van der Waals surface area (Å²) in [4.78, 5) is 4.81. The van der Waals surface area contributed by atoms with Gasteiger partial charge < -0.3 is 0 Å². The normalized spacial score (nSPS) is 21.2. The Morgan fingerprint density at radius 1 is 0.895 bits per heavy atom. The molecule has 0 amide bonds. The molecule has 0 saturated carbocycles. The zero-order valence-corrected chi connectivity index (χ0v) is 11.5. The van der Waals surface area contributed by atoms with Crippen molar-refractivity contribution in [1.29, 1.82) is 0 Å². The van der Waals surface area contributed by atoms with E-state index >= 15 is 0 Å². The van der Waals surface area contributed by atoms with Gasteiger partial charge in [0.15, 0.2) is 0 Å². The van der Waals surface area contributed by atoms with Gasteiger partial charge in [0.25, 0.3) is 0 Å². The van der Waals surface area contributed by atoms with E-state index in [4.69, 9.17) is 4.99 Å². The number of benzene rings is 2. The summed E-state index contributed by atoms with van der Waals surface area (Å²) in [6, 6.07) is 21.9. The molecule has 1 aliphatic rings. The molecule has 1 heterocycles. The summed E-state index contributed by atoms with van der Waals surface area (Å²) in [6.07, 6.45) is 1.06. The fourth-order valence-corrected chi connectivity index (χ4v) is 3.34. The smallest absolute Gasteiger partial charge is 0.0597 e. The molecule has 1 atom stereocenters. The van der Waals surface area contributed by atoms with Crippen LogP contribution in [0.25, 0.3) is 0 Å². The van der Waals surface area contributed by atoms with Crippen molar-refractivity contribution >= 4 is 5.71 Å². The molecule has 19 heavy (non-hydrogen) atoms. The molecule has 2 aromatic rings. The van der Waals surface area contributed by atoms with Crippen LogP contribution in [0.2, 0.25) is 0 Å². The molecule has 1 aliphatic heterocycles. The molecule has 1 heteroatoms. The number of hydrogen-bond donors (Lipinski definition) is 0. The SMILES string of the molecule is CC1=N[C@@H](C)CC1(c1ccccc1)c1ccccc1. The van der Waals surface area contributed by atoms with Gasteiger partial charge in [-0.15, -0.1) is 0 Å². The lowest BCUT2D eigenvalue weighted by Gasteiger charge is -2.31. The molecule has 0 fully saturated rings. The molecule has 0 spiro atoms. The quantitative estimate of drug-likeness (QED) is 0.755. The summed E-state index contributed by atoms with van der Waals surface area (Å²) in [5.41, 5.74) is 3.90. The molecule has 2 aromatic carbocycles. The van der Waals surface area contributed by atoms with Gasteiger partial charge in [-0.05, 0) is 31.4 Å². The van der Waals surface area contributed by atoms with E-state index in [1.54, 1.807) is 0 Å². The fraction of sp³-hybridized carbons (Fsp3) is 0.278. The van der Waals surface area contributed by atoms with E-state index in [2.05, 4.69) is 74.5 Å². The minimum atomic E-state index is -0.0397. The summed E-state index contributed by atoms with van der Waals surface area (Å²) in [6.45, 7) is 4.38. The molecule has 0 unspecified atom stereocenters. The highest BCUT2D eigenvalue weighted by molar-refractivity contribution is 5.98. The van der Waals surface area contributed by atoms with Crippen molar-refractivity contribution in [3.63, 3.8) is 0 Å². The van der Waals surface area contributed by atoms with E-state index in [0.29, 0.717) is 6.04 Å². The van der Waals surface area contributed by atoms with Crippen molar-refractivity contribution in [3.05, 3.63) is 71.8 Å². The van der Waals surface area contributed by atoms with Crippen LogP contribution in [-0.4, -0.2) is 11.8 Å². The summed E-state index contributed by atoms with van der Waals surface area (Å²) in [5, 5.41) is 0. The second kappa shape index (κ2) is 4.65. The summed E-state index contributed by atoms with van der Waals surface area (Å²) in [7, 11) is 0. The number of rotatable bonds is 2. The largest absolute Gasteiger partial charge is 0.290 e. The van der Waals surface area contributed by atoms with Crippen molar-refractivity contribution < 1.29 is 0 Å². The van der Waals surface area contributed by atoms with Gasteiger partial charge in [-0.25, -0.2) is 0 Å². The number of hydrogen-bond acceptors (Lipinski definition) is 1. The maximum absolute atomic E-state index is 4.81. The minimum Gasteiger partial charge on any atom is -0.290 e. The Kier molecular flexibility index (Phi) is 2.98. The standard InChI is InChI=1S/C18H19N/c1-14-13-18(15(2)19-14,16-9-5-3-6-10-16)17-11-7-4-8-12-17/h3-12,14H,13H2,1-2H3/t14-/m0/s1. The summed E-state index contributed by atoms with van der Waals surface area (Å²) < 4.78 is 0. The van der Waals surface area contributed by atoms with Gasteiger partial charge in [0, 0.05) is 11.8 Å². The van der Waals surface area contributed by atoms with Crippen molar-refractivity contribution in [2.45, 2.75) is 31.7 Å². The topological polar surface area (TPSA) is 12.4 Å². The predicted molar refractivity (Wildman–Crippen MR) is 80.9 cm³/mol. The van der Waals surface area contributed by atoms with Gasteiger partial charge in [0.05, 0.1) is 5.41 Å². The van der Waals surface area contributed by atoms with Crippen molar-refractivity contribution in [3.8, 4) is 0 Å². The summed E-state index contributed by atoms with van der Waals surface area (Å²) >= 11 is 0. The Labute approximate surface area is 115 Å². The average molecular weight is 249 g/mol. The Balaban J connectivity index is 2.21. The third-order valence-corrected chi connectivity index (χ3v) is 4.17. The van der Waals surface area contributed by atoms with Crippen LogP contribution in [0.5, 0.6) is 0 Å². The molecular weight excluding hydrogens is 230 g/mol. The zero-order valence-electron chi connectivity index (χ0n) is 11.5. The van der Waals surface area contributed by atoms with E-state index < -0.39 is 0 Å². The molecule has 1 nitrogen and oxygen atoms in total. The molecule has 96 valence electrons. The van der Waals surface area contributed by atoms with Gasteiger partial charge in [0.2, 0.25) is 0 Å². The molecule has 0 aromatic heterocycles. The van der Waals surface area contributed by atoms with Gasteiger partial charge in [0.1, 0.15) is 0 Å². The second-order valence-corrected chi connectivity index (χ2v) is 5.41. The highest BCUT2D eigenvalue weighted by Crippen LogP contribution is 2.42. The van der Waals surface area contributed by atoms with Crippen molar-refractivity contribution in [2.24, 2.45) is 4.99 Å². The van der Waals surface area contributed by atoms with E-state index in [1.165, 1.54) is 16.8 Å². The van der Waals surface area contributed by atoms with Crippen LogP contribution in [0.1, 0.15) is 31.4 Å². The van der Waals surface area contributed by atoms with E-state index in [1.807, 2.05) is 0 Å². The molecule has 0 bridgehead atoms. The molecule has 0 N–H and O–H groups in total. The highest BCUT2D eigenvalue weighted by atomic mass is 14.9. The van der Waals surface area contributed by atoms with Gasteiger partial charge >= 0.3 is 0 Å². The molecule has 0 saturated heterocycles. The van der Waals surface area contributed by atoms with E-state index in [0.717, 1.165) is 6.42 Å². The lowest BCUT2D eigenvalue weighted by Crippen LogP contribution is -2.33. The van der Waals surface area contributed by atoms with Crippen LogP contribution in [0, 0.1) is 0 Å². The Hall–Kier alpha value is -1.89. The highest BCUT2D eigenvalue weighted by Gasteiger charge is 2.42. The molecule has 0 aliphatic carbocycles. The van der Waals surface area contributed by atoms with Crippen LogP contribution >= 0.6 is 0 Å². The Morgan fingerprint density at radius 2 is 1.37 bits per heavy atom. The first-order valence-electron chi connectivity index (χ1n) is 6.89. The van der Waals surface area contributed by atoms with Gasteiger partial charge in [-0.2, -0.15) is 0 Å². The van der Waals surface area contributed by atoms with Crippen LogP contribution in [-0.2, 0) is 5.41 Å². The van der Waals surface area contributed by atoms with Crippen LogP contribution < -0.4 is 0 Å². The first-order chi connectivity index (χ1) is 9.23. The van der Waals surface area contributed by atoms with E-state index in [9.17, 15) is 0 Å². The van der Waals surface area contributed by atoms with Gasteiger partial charge in [-0.1, -0.05) is 60.7 Å². The number of aliphatic imine (C=N–C) groups is 1. The monoisotopic (exact) mass is 249 g/mol. The third-order valence-electron chi connectivity index (χ3n) is 4.17. The van der Waals surface area contributed by atoms with Crippen molar-refractivity contribution in [2.75, 3.05) is 0 Å². The first-order valence-corrected chi connectivity index (χ1v) is 6.89. The Morgan fingerprint density at radius 3 is 1.74 bits per heavy atom. The summed E-state index contributed by atoms with van der Waals surface area (Å²) in [5.74, 6) is 0. The molecule has 3 rings (SSSR count).